The van der Waals surface area contributed by atoms with Crippen molar-refractivity contribution in [2.75, 3.05) is 0 Å². The van der Waals surface area contributed by atoms with Gasteiger partial charge in [0.15, 0.2) is 0 Å². The van der Waals surface area contributed by atoms with Crippen LogP contribution >= 0.6 is 0 Å². The smallest absolute Gasteiger partial charge is 0.304 e. The fraction of sp³-hybridized carbons (Fsp3) is 0.909. The predicted octanol–water partition coefficient (Wildman–Crippen LogP) is 2.25. The summed E-state index contributed by atoms with van der Waals surface area (Å²) < 4.78 is 0. The number of rotatable bonds is 7. The fourth-order valence-corrected chi connectivity index (χ4v) is 1.46. The number of aliphatic carboxylic acids is 1. The lowest BCUT2D eigenvalue weighted by Gasteiger charge is -2.18. The van der Waals surface area contributed by atoms with E-state index in [9.17, 15) is 4.79 Å². The summed E-state index contributed by atoms with van der Waals surface area (Å²) in [5.74, 6) is 0.232. The van der Waals surface area contributed by atoms with Gasteiger partial charge >= 0.3 is 5.97 Å². The molecule has 0 bridgehead atoms. The van der Waals surface area contributed by atoms with E-state index in [1.165, 1.54) is 6.42 Å². The number of carbonyl (C=O) groups is 1. The molecule has 0 saturated heterocycles. The van der Waals surface area contributed by atoms with E-state index in [1.807, 2.05) is 6.92 Å². The van der Waals surface area contributed by atoms with Crippen LogP contribution in [0.15, 0.2) is 0 Å². The Kier molecular flexibility index (Phi) is 6.54. The summed E-state index contributed by atoms with van der Waals surface area (Å²) in [5, 5.41) is 8.57. The van der Waals surface area contributed by atoms with Crippen LogP contribution in [0.3, 0.4) is 0 Å². The average Bonchev–Trinajstić information content (AvgIpc) is 2.01. The van der Waals surface area contributed by atoms with Crippen LogP contribution in [0, 0.1) is 11.8 Å². The van der Waals surface area contributed by atoms with Gasteiger partial charge in [0, 0.05) is 6.04 Å². The molecule has 0 aliphatic heterocycles. The zero-order chi connectivity index (χ0) is 11.1. The molecular formula is C11H23NO2. The van der Waals surface area contributed by atoms with Gasteiger partial charge in [-0.3, -0.25) is 4.79 Å². The van der Waals surface area contributed by atoms with Gasteiger partial charge in [-0.25, -0.2) is 0 Å². The zero-order valence-corrected chi connectivity index (χ0v) is 9.49. The molecule has 14 heavy (non-hydrogen) atoms. The molecule has 0 amide bonds. The van der Waals surface area contributed by atoms with Gasteiger partial charge in [0.1, 0.15) is 0 Å². The second kappa shape index (κ2) is 6.82. The van der Waals surface area contributed by atoms with E-state index in [0.29, 0.717) is 5.92 Å². The second-order valence-electron chi connectivity index (χ2n) is 4.56. The molecule has 0 heterocycles. The first kappa shape index (κ1) is 13.4. The van der Waals surface area contributed by atoms with E-state index in [-0.39, 0.29) is 12.5 Å². The Morgan fingerprint density at radius 1 is 1.29 bits per heavy atom. The Labute approximate surface area is 86.7 Å². The first-order valence-corrected chi connectivity index (χ1v) is 5.40. The Balaban J connectivity index is 3.61. The summed E-state index contributed by atoms with van der Waals surface area (Å²) >= 11 is 0. The maximum absolute atomic E-state index is 10.4. The lowest BCUT2D eigenvalue weighted by Crippen LogP contribution is -2.30. The predicted molar refractivity (Wildman–Crippen MR) is 58.1 cm³/mol. The molecule has 2 atom stereocenters. The van der Waals surface area contributed by atoms with E-state index >= 15 is 0 Å². The van der Waals surface area contributed by atoms with E-state index in [4.69, 9.17) is 10.8 Å². The molecule has 0 fully saturated rings. The van der Waals surface area contributed by atoms with Crippen molar-refractivity contribution in [3.8, 4) is 0 Å². The first-order valence-electron chi connectivity index (χ1n) is 5.40. The van der Waals surface area contributed by atoms with Gasteiger partial charge in [-0.1, -0.05) is 33.6 Å². The minimum Gasteiger partial charge on any atom is -0.481 e. The van der Waals surface area contributed by atoms with Crippen molar-refractivity contribution in [3.05, 3.63) is 0 Å². The Hall–Kier alpha value is -0.570. The minimum atomic E-state index is -0.798. The summed E-state index contributed by atoms with van der Waals surface area (Å²) in [6, 6.07) is -0.195. The van der Waals surface area contributed by atoms with Crippen molar-refractivity contribution in [1.82, 2.24) is 0 Å². The van der Waals surface area contributed by atoms with Gasteiger partial charge in [0.25, 0.3) is 0 Å². The van der Waals surface area contributed by atoms with Crippen molar-refractivity contribution in [1.29, 1.82) is 0 Å². The topological polar surface area (TPSA) is 63.3 Å². The van der Waals surface area contributed by atoms with Gasteiger partial charge in [-0.15, -0.1) is 0 Å². The average molecular weight is 201 g/mol. The molecule has 0 radical (unpaired) electrons. The Morgan fingerprint density at radius 3 is 2.29 bits per heavy atom. The lowest BCUT2D eigenvalue weighted by atomic mass is 9.92. The molecule has 3 heteroatoms. The number of hydrogen-bond donors (Lipinski definition) is 2. The summed E-state index contributed by atoms with van der Waals surface area (Å²) in [5.41, 5.74) is 5.75. The number of carboxylic acid groups (broad SMARTS) is 1. The van der Waals surface area contributed by atoms with Crippen molar-refractivity contribution in [3.63, 3.8) is 0 Å². The molecule has 3 N–H and O–H groups in total. The van der Waals surface area contributed by atoms with Crippen LogP contribution in [-0.2, 0) is 4.79 Å². The molecule has 0 saturated carbocycles. The molecule has 0 rings (SSSR count). The third-order valence-corrected chi connectivity index (χ3v) is 2.58. The van der Waals surface area contributed by atoms with Crippen LogP contribution in [-0.4, -0.2) is 17.1 Å². The van der Waals surface area contributed by atoms with E-state index in [1.54, 1.807) is 0 Å². The SMILES string of the molecule is CC(C)CCCC(C)C(N)CC(=O)O. The Morgan fingerprint density at radius 2 is 1.86 bits per heavy atom. The highest BCUT2D eigenvalue weighted by molar-refractivity contribution is 5.67. The highest BCUT2D eigenvalue weighted by Gasteiger charge is 2.15. The van der Waals surface area contributed by atoms with Crippen molar-refractivity contribution >= 4 is 5.97 Å². The van der Waals surface area contributed by atoms with Crippen LogP contribution in [0.5, 0.6) is 0 Å². The van der Waals surface area contributed by atoms with Crippen LogP contribution in [0.1, 0.15) is 46.5 Å². The summed E-state index contributed by atoms with van der Waals surface area (Å²) in [4.78, 5) is 10.4. The monoisotopic (exact) mass is 201 g/mol. The summed E-state index contributed by atoms with van der Waals surface area (Å²) in [6.45, 7) is 6.43. The number of nitrogens with two attached hydrogens (primary N) is 1. The molecular weight excluding hydrogens is 178 g/mol. The molecule has 0 spiro atoms. The van der Waals surface area contributed by atoms with Gasteiger partial charge in [-0.2, -0.15) is 0 Å². The third kappa shape index (κ3) is 6.89. The maximum atomic E-state index is 10.4. The van der Waals surface area contributed by atoms with Crippen LogP contribution < -0.4 is 5.73 Å². The maximum Gasteiger partial charge on any atom is 0.304 e. The van der Waals surface area contributed by atoms with Gasteiger partial charge in [0.2, 0.25) is 0 Å². The van der Waals surface area contributed by atoms with Gasteiger partial charge in [0.05, 0.1) is 6.42 Å². The summed E-state index contributed by atoms with van der Waals surface area (Å²) in [7, 11) is 0. The third-order valence-electron chi connectivity index (χ3n) is 2.58. The standard InChI is InChI=1S/C11H23NO2/c1-8(2)5-4-6-9(3)10(12)7-11(13)14/h8-10H,4-7,12H2,1-3H3,(H,13,14). The van der Waals surface area contributed by atoms with Crippen molar-refractivity contribution < 1.29 is 9.90 Å². The highest BCUT2D eigenvalue weighted by atomic mass is 16.4. The van der Waals surface area contributed by atoms with Gasteiger partial charge < -0.3 is 10.8 Å². The quantitative estimate of drug-likeness (QED) is 0.664. The molecule has 2 unspecified atom stereocenters. The minimum absolute atomic E-state index is 0.0862. The second-order valence-corrected chi connectivity index (χ2v) is 4.56. The molecule has 84 valence electrons. The Bertz CT molecular complexity index is 169. The molecule has 0 aliphatic rings. The number of hydrogen-bond acceptors (Lipinski definition) is 2. The molecule has 0 aromatic rings. The van der Waals surface area contributed by atoms with Crippen molar-refractivity contribution in [2.24, 2.45) is 17.6 Å². The van der Waals surface area contributed by atoms with E-state index in [0.717, 1.165) is 18.8 Å². The van der Waals surface area contributed by atoms with Crippen molar-refractivity contribution in [2.45, 2.75) is 52.5 Å². The zero-order valence-electron chi connectivity index (χ0n) is 9.49. The highest BCUT2D eigenvalue weighted by Crippen LogP contribution is 2.15. The number of carboxylic acids is 1. The summed E-state index contributed by atoms with van der Waals surface area (Å²) in [6.07, 6.45) is 3.46. The lowest BCUT2D eigenvalue weighted by molar-refractivity contribution is -0.137. The van der Waals surface area contributed by atoms with Crippen LogP contribution in [0.25, 0.3) is 0 Å². The molecule has 0 aromatic carbocycles. The fourth-order valence-electron chi connectivity index (χ4n) is 1.46. The van der Waals surface area contributed by atoms with E-state index in [2.05, 4.69) is 13.8 Å². The largest absolute Gasteiger partial charge is 0.481 e. The van der Waals surface area contributed by atoms with Crippen LogP contribution in [0.4, 0.5) is 0 Å². The molecule has 0 aromatic heterocycles. The first-order chi connectivity index (χ1) is 6.43. The van der Waals surface area contributed by atoms with E-state index < -0.39 is 5.97 Å². The normalized spacial score (nSPS) is 15.5. The van der Waals surface area contributed by atoms with Crippen LogP contribution in [0.2, 0.25) is 0 Å². The van der Waals surface area contributed by atoms with Gasteiger partial charge in [-0.05, 0) is 18.3 Å². The molecule has 3 nitrogen and oxygen atoms in total. The molecule has 0 aliphatic carbocycles.